The van der Waals surface area contributed by atoms with E-state index in [1.807, 2.05) is 30.3 Å². The van der Waals surface area contributed by atoms with Crippen LogP contribution < -0.4 is 5.32 Å². The van der Waals surface area contributed by atoms with Crippen molar-refractivity contribution in [1.29, 1.82) is 0 Å². The molecule has 1 N–H and O–H groups in total. The summed E-state index contributed by atoms with van der Waals surface area (Å²) in [6.45, 7) is 3.11. The fourth-order valence-corrected chi connectivity index (χ4v) is 5.85. The van der Waals surface area contributed by atoms with Crippen LogP contribution in [0.1, 0.15) is 57.3 Å². The Balaban J connectivity index is 1.17. The van der Waals surface area contributed by atoms with Crippen molar-refractivity contribution in [1.82, 2.24) is 20.4 Å². The second-order valence-electron chi connectivity index (χ2n) is 8.73. The molecule has 2 heterocycles. The molecule has 7 heteroatoms. The van der Waals surface area contributed by atoms with Gasteiger partial charge in [-0.05, 0) is 44.4 Å². The van der Waals surface area contributed by atoms with Crippen LogP contribution in [0.5, 0.6) is 0 Å². The summed E-state index contributed by atoms with van der Waals surface area (Å²) in [5.74, 6) is 2.63. The molecule has 6 nitrogen and oxygen atoms in total. The van der Waals surface area contributed by atoms with Crippen molar-refractivity contribution in [3.8, 4) is 11.4 Å². The Morgan fingerprint density at radius 2 is 1.97 bits per heavy atom. The van der Waals surface area contributed by atoms with Gasteiger partial charge in [-0.1, -0.05) is 54.8 Å². The predicted molar refractivity (Wildman–Crippen MR) is 125 cm³/mol. The third-order valence-corrected chi connectivity index (χ3v) is 7.73. The first kappa shape index (κ1) is 22.3. The molecule has 0 spiro atoms. The third-order valence-electron chi connectivity index (χ3n) is 6.26. The van der Waals surface area contributed by atoms with Gasteiger partial charge in [-0.25, -0.2) is 0 Å². The molecule has 1 atom stereocenters. The second kappa shape index (κ2) is 11.7. The van der Waals surface area contributed by atoms with E-state index in [1.165, 1.54) is 32.1 Å². The highest BCUT2D eigenvalue weighted by Crippen LogP contribution is 2.28. The van der Waals surface area contributed by atoms with Gasteiger partial charge in [-0.2, -0.15) is 16.7 Å². The molecule has 4 rings (SSSR count). The monoisotopic (exact) mass is 442 g/mol. The van der Waals surface area contributed by atoms with Crippen molar-refractivity contribution in [2.24, 2.45) is 5.92 Å². The lowest BCUT2D eigenvalue weighted by Gasteiger charge is -2.30. The standard InChI is InChI=1S/C24H34N4O2S/c29-24(25-14-8-16-31-21-12-5-2-6-13-21)20-11-7-15-28(17-20)18-22-26-23(27-30-22)19-9-3-1-4-10-19/h1,3-4,9-10,20-21H,2,5-8,11-18H2,(H,25,29). The maximum absolute atomic E-state index is 12.7. The average Bonchev–Trinajstić information content (AvgIpc) is 3.29. The highest BCUT2D eigenvalue weighted by Gasteiger charge is 2.26. The van der Waals surface area contributed by atoms with E-state index in [0.29, 0.717) is 18.3 Å². The second-order valence-corrected chi connectivity index (χ2v) is 10.1. The number of carbonyl (C=O) groups is 1. The molecule has 0 radical (unpaired) electrons. The maximum atomic E-state index is 12.7. The highest BCUT2D eigenvalue weighted by atomic mass is 32.2. The van der Waals surface area contributed by atoms with Gasteiger partial charge in [0, 0.05) is 23.9 Å². The van der Waals surface area contributed by atoms with Gasteiger partial charge >= 0.3 is 0 Å². The maximum Gasteiger partial charge on any atom is 0.241 e. The zero-order valence-corrected chi connectivity index (χ0v) is 19.1. The van der Waals surface area contributed by atoms with Crippen LogP contribution >= 0.6 is 11.8 Å². The van der Waals surface area contributed by atoms with Crippen LogP contribution in [-0.4, -0.2) is 51.6 Å². The Morgan fingerprint density at radius 1 is 1.13 bits per heavy atom. The van der Waals surface area contributed by atoms with Crippen LogP contribution in [0.4, 0.5) is 0 Å². The zero-order chi connectivity index (χ0) is 21.3. The Bertz CT molecular complexity index is 807. The lowest BCUT2D eigenvalue weighted by molar-refractivity contribution is -0.126. The molecule has 1 amide bonds. The topological polar surface area (TPSA) is 71.3 Å². The summed E-state index contributed by atoms with van der Waals surface area (Å²) in [6.07, 6.45) is 9.99. The molecule has 168 valence electrons. The molecule has 0 bridgehead atoms. The van der Waals surface area contributed by atoms with Gasteiger partial charge in [0.25, 0.3) is 0 Å². The molecular weight excluding hydrogens is 408 g/mol. The largest absolute Gasteiger partial charge is 0.356 e. The van der Waals surface area contributed by atoms with Crippen molar-refractivity contribution in [3.05, 3.63) is 36.2 Å². The molecule has 1 saturated carbocycles. The van der Waals surface area contributed by atoms with Crippen LogP contribution in [0.25, 0.3) is 11.4 Å². The number of aromatic nitrogens is 2. The number of nitrogens with zero attached hydrogens (tertiary/aromatic N) is 3. The number of amides is 1. The number of carbonyl (C=O) groups excluding carboxylic acids is 1. The minimum atomic E-state index is 0.0521. The van der Waals surface area contributed by atoms with E-state index in [4.69, 9.17) is 4.52 Å². The minimum Gasteiger partial charge on any atom is -0.356 e. The average molecular weight is 443 g/mol. The lowest BCUT2D eigenvalue weighted by Crippen LogP contribution is -2.43. The summed E-state index contributed by atoms with van der Waals surface area (Å²) >= 11 is 2.10. The van der Waals surface area contributed by atoms with E-state index in [0.717, 1.165) is 55.5 Å². The van der Waals surface area contributed by atoms with E-state index in [9.17, 15) is 4.79 Å². The van der Waals surface area contributed by atoms with Gasteiger partial charge in [0.1, 0.15) is 0 Å². The number of likely N-dealkylation sites (tertiary alicyclic amines) is 1. The molecule has 2 aromatic rings. The Hall–Kier alpha value is -1.86. The van der Waals surface area contributed by atoms with E-state index < -0.39 is 0 Å². The first-order chi connectivity index (χ1) is 15.3. The molecule has 1 saturated heterocycles. The minimum absolute atomic E-state index is 0.0521. The number of nitrogens with one attached hydrogen (secondary N) is 1. The smallest absolute Gasteiger partial charge is 0.241 e. The van der Waals surface area contributed by atoms with Gasteiger partial charge in [-0.15, -0.1) is 0 Å². The van der Waals surface area contributed by atoms with E-state index in [1.54, 1.807) is 0 Å². The van der Waals surface area contributed by atoms with Crippen molar-refractivity contribution >= 4 is 17.7 Å². The number of hydrogen-bond donors (Lipinski definition) is 1. The zero-order valence-electron chi connectivity index (χ0n) is 18.3. The predicted octanol–water partition coefficient (Wildman–Crippen LogP) is 4.52. The van der Waals surface area contributed by atoms with E-state index >= 15 is 0 Å². The highest BCUT2D eigenvalue weighted by molar-refractivity contribution is 7.99. The molecular formula is C24H34N4O2S. The summed E-state index contributed by atoms with van der Waals surface area (Å²) in [4.78, 5) is 19.4. The van der Waals surface area contributed by atoms with E-state index in [2.05, 4.69) is 32.1 Å². The SMILES string of the molecule is O=C(NCCCSC1CCCCC1)C1CCCN(Cc2nc(-c3ccccc3)no2)C1. The summed E-state index contributed by atoms with van der Waals surface area (Å²) in [5, 5.41) is 8.12. The van der Waals surface area contributed by atoms with Gasteiger partial charge in [-0.3, -0.25) is 9.69 Å². The Labute approximate surface area is 189 Å². The normalized spacial score (nSPS) is 20.6. The molecule has 1 unspecified atom stereocenters. The van der Waals surface area contributed by atoms with Crippen LogP contribution in [0.2, 0.25) is 0 Å². The molecule has 1 aromatic carbocycles. The van der Waals surface area contributed by atoms with Gasteiger partial charge in [0.15, 0.2) is 0 Å². The first-order valence-electron chi connectivity index (χ1n) is 11.8. The summed E-state index contributed by atoms with van der Waals surface area (Å²) < 4.78 is 5.45. The molecule has 2 aliphatic rings. The third kappa shape index (κ3) is 6.81. The number of rotatable bonds is 9. The van der Waals surface area contributed by atoms with Crippen molar-refractivity contribution < 1.29 is 9.32 Å². The molecule has 2 fully saturated rings. The Kier molecular flexibility index (Phi) is 8.41. The number of piperidine rings is 1. The van der Waals surface area contributed by atoms with Crippen molar-refractivity contribution in [2.75, 3.05) is 25.4 Å². The van der Waals surface area contributed by atoms with Crippen LogP contribution in [0, 0.1) is 5.92 Å². The first-order valence-corrected chi connectivity index (χ1v) is 12.8. The number of hydrogen-bond acceptors (Lipinski definition) is 6. The summed E-state index contributed by atoms with van der Waals surface area (Å²) in [5.41, 5.74) is 0.954. The number of benzene rings is 1. The van der Waals surface area contributed by atoms with Crippen LogP contribution in [-0.2, 0) is 11.3 Å². The van der Waals surface area contributed by atoms with Crippen molar-refractivity contribution in [3.63, 3.8) is 0 Å². The lowest BCUT2D eigenvalue weighted by atomic mass is 9.97. The van der Waals surface area contributed by atoms with Crippen LogP contribution in [0.15, 0.2) is 34.9 Å². The quantitative estimate of drug-likeness (QED) is 0.576. The molecule has 31 heavy (non-hydrogen) atoms. The molecule has 1 aliphatic heterocycles. The van der Waals surface area contributed by atoms with Gasteiger partial charge in [0.2, 0.25) is 17.6 Å². The van der Waals surface area contributed by atoms with Gasteiger partial charge < -0.3 is 9.84 Å². The molecule has 1 aliphatic carbocycles. The summed E-state index contributed by atoms with van der Waals surface area (Å²) in [6, 6.07) is 9.86. The van der Waals surface area contributed by atoms with Crippen LogP contribution in [0.3, 0.4) is 0 Å². The van der Waals surface area contributed by atoms with Crippen molar-refractivity contribution in [2.45, 2.75) is 63.2 Å². The fraction of sp³-hybridized carbons (Fsp3) is 0.625. The summed E-state index contributed by atoms with van der Waals surface area (Å²) in [7, 11) is 0. The fourth-order valence-electron chi connectivity index (χ4n) is 4.54. The van der Waals surface area contributed by atoms with Gasteiger partial charge in [0.05, 0.1) is 12.5 Å². The van der Waals surface area contributed by atoms with E-state index in [-0.39, 0.29) is 11.8 Å². The Morgan fingerprint density at radius 3 is 2.81 bits per heavy atom. The molecule has 1 aromatic heterocycles. The number of thioether (sulfide) groups is 1.